The molecule has 0 aliphatic carbocycles. The van der Waals surface area contributed by atoms with Crippen LogP contribution in [0.5, 0.6) is 0 Å². The van der Waals surface area contributed by atoms with Gasteiger partial charge >= 0.3 is 0 Å². The fourth-order valence-electron chi connectivity index (χ4n) is 2.43. The van der Waals surface area contributed by atoms with Gasteiger partial charge in [-0.1, -0.05) is 17.7 Å². The number of amides is 1. The summed E-state index contributed by atoms with van der Waals surface area (Å²) in [5, 5.41) is 3.74. The first kappa shape index (κ1) is 15.1. The molecule has 1 aromatic rings. The molecule has 2 unspecified atom stereocenters. The highest BCUT2D eigenvalue weighted by atomic mass is 35.5. The van der Waals surface area contributed by atoms with Gasteiger partial charge in [0.1, 0.15) is 0 Å². The van der Waals surface area contributed by atoms with E-state index < -0.39 is 0 Å². The molecule has 0 aromatic heterocycles. The van der Waals surface area contributed by atoms with Crippen LogP contribution in [0, 0.1) is 6.92 Å². The van der Waals surface area contributed by atoms with Crippen LogP contribution in [0.3, 0.4) is 0 Å². The summed E-state index contributed by atoms with van der Waals surface area (Å²) in [5.74, 6) is 0.0728. The number of nitrogens with zero attached hydrogens (tertiary/aromatic N) is 1. The molecule has 0 spiro atoms. The van der Waals surface area contributed by atoms with Crippen LogP contribution < -0.4 is 5.32 Å². The van der Waals surface area contributed by atoms with Crippen LogP contribution in [0.2, 0.25) is 5.02 Å². The van der Waals surface area contributed by atoms with Gasteiger partial charge in [0.25, 0.3) is 0 Å². The Kier molecular flexibility index (Phi) is 4.89. The van der Waals surface area contributed by atoms with E-state index in [0.29, 0.717) is 18.1 Å². The second kappa shape index (κ2) is 6.46. The number of nitrogens with one attached hydrogen (secondary N) is 1. The van der Waals surface area contributed by atoms with Crippen LogP contribution >= 0.6 is 11.6 Å². The monoisotopic (exact) mass is 296 g/mol. The molecule has 2 rings (SSSR count). The Hall–Kier alpha value is -1.26. The van der Waals surface area contributed by atoms with Gasteiger partial charge in [-0.25, -0.2) is 0 Å². The molecule has 1 N–H and O–H groups in total. The number of hydrogen-bond acceptors (Lipinski definition) is 3. The van der Waals surface area contributed by atoms with E-state index >= 15 is 0 Å². The largest absolute Gasteiger partial charge is 0.375 e. The molecule has 2 atom stereocenters. The predicted octanol–water partition coefficient (Wildman–Crippen LogP) is 2.70. The Bertz CT molecular complexity index is 483. The molecule has 0 saturated carbocycles. The van der Waals surface area contributed by atoms with E-state index in [9.17, 15) is 4.79 Å². The van der Waals surface area contributed by atoms with Crippen LogP contribution in [-0.2, 0) is 9.53 Å². The van der Waals surface area contributed by atoms with Crippen LogP contribution in [0.15, 0.2) is 18.2 Å². The normalized spacial score (nSPS) is 22.7. The van der Waals surface area contributed by atoms with Crippen LogP contribution in [-0.4, -0.2) is 42.6 Å². The number of anilines is 1. The van der Waals surface area contributed by atoms with Crippen molar-refractivity contribution in [3.8, 4) is 0 Å². The lowest BCUT2D eigenvalue weighted by Gasteiger charge is -2.35. The fourth-order valence-corrected chi connectivity index (χ4v) is 2.73. The highest BCUT2D eigenvalue weighted by Gasteiger charge is 2.25. The molecule has 1 heterocycles. The molecule has 4 nitrogen and oxygen atoms in total. The number of carbonyl (C=O) groups excluding carboxylic acids is 1. The molecule has 1 saturated heterocycles. The lowest BCUT2D eigenvalue weighted by atomic mass is 10.2. The Morgan fingerprint density at radius 2 is 2.05 bits per heavy atom. The standard InChI is InChI=1S/C15H21ClN2O2/c1-10-4-5-14(13(16)6-10)17-7-15(19)18-8-11(2)20-12(3)9-18/h4-6,11-12,17H,7-9H2,1-3H3. The molecular formula is C15H21ClN2O2. The van der Waals surface area contributed by atoms with Crippen molar-refractivity contribution in [1.82, 2.24) is 4.90 Å². The third kappa shape index (κ3) is 3.87. The summed E-state index contributed by atoms with van der Waals surface area (Å²) in [5.41, 5.74) is 1.89. The van der Waals surface area contributed by atoms with Crippen molar-refractivity contribution >= 4 is 23.2 Å². The van der Waals surface area contributed by atoms with Gasteiger partial charge in [0.2, 0.25) is 5.91 Å². The number of carbonyl (C=O) groups is 1. The van der Waals surface area contributed by atoms with Crippen molar-refractivity contribution in [1.29, 1.82) is 0 Å². The van der Waals surface area contributed by atoms with E-state index in [-0.39, 0.29) is 24.7 Å². The van der Waals surface area contributed by atoms with Crippen molar-refractivity contribution in [3.63, 3.8) is 0 Å². The quantitative estimate of drug-likeness (QED) is 0.932. The molecule has 20 heavy (non-hydrogen) atoms. The Balaban J connectivity index is 1.91. The zero-order valence-electron chi connectivity index (χ0n) is 12.1. The highest BCUT2D eigenvalue weighted by molar-refractivity contribution is 6.33. The van der Waals surface area contributed by atoms with Crippen molar-refractivity contribution in [2.45, 2.75) is 33.0 Å². The maximum Gasteiger partial charge on any atom is 0.242 e. The van der Waals surface area contributed by atoms with E-state index in [1.165, 1.54) is 0 Å². The third-order valence-electron chi connectivity index (χ3n) is 3.33. The smallest absolute Gasteiger partial charge is 0.242 e. The molecule has 1 aliphatic heterocycles. The van der Waals surface area contributed by atoms with E-state index in [1.807, 2.05) is 43.9 Å². The lowest BCUT2D eigenvalue weighted by molar-refractivity contribution is -0.141. The maximum absolute atomic E-state index is 12.2. The zero-order chi connectivity index (χ0) is 14.7. The SMILES string of the molecule is Cc1ccc(NCC(=O)N2CC(C)OC(C)C2)c(Cl)c1. The van der Waals surface area contributed by atoms with Crippen LogP contribution in [0.25, 0.3) is 0 Å². The summed E-state index contributed by atoms with van der Waals surface area (Å²) in [7, 11) is 0. The third-order valence-corrected chi connectivity index (χ3v) is 3.64. The van der Waals surface area contributed by atoms with Crippen LogP contribution in [0.1, 0.15) is 19.4 Å². The Labute approximate surface area is 125 Å². The van der Waals surface area contributed by atoms with Gasteiger partial charge in [-0.05, 0) is 38.5 Å². The topological polar surface area (TPSA) is 41.6 Å². The van der Waals surface area contributed by atoms with Gasteiger partial charge in [0, 0.05) is 13.1 Å². The second-order valence-electron chi connectivity index (χ2n) is 5.39. The van der Waals surface area contributed by atoms with Gasteiger partial charge < -0.3 is 15.0 Å². The highest BCUT2D eigenvalue weighted by Crippen LogP contribution is 2.22. The van der Waals surface area contributed by atoms with Gasteiger partial charge in [-0.15, -0.1) is 0 Å². The fraction of sp³-hybridized carbons (Fsp3) is 0.533. The zero-order valence-corrected chi connectivity index (χ0v) is 12.9. The number of morpholine rings is 1. The molecule has 0 radical (unpaired) electrons. The molecule has 110 valence electrons. The molecule has 1 fully saturated rings. The molecule has 0 bridgehead atoms. The van der Waals surface area contributed by atoms with E-state index in [2.05, 4.69) is 5.32 Å². The van der Waals surface area contributed by atoms with Crippen molar-refractivity contribution in [2.75, 3.05) is 25.0 Å². The first-order valence-electron chi connectivity index (χ1n) is 6.89. The summed E-state index contributed by atoms with van der Waals surface area (Å²) < 4.78 is 5.63. The molecule has 5 heteroatoms. The van der Waals surface area contributed by atoms with Gasteiger partial charge in [-0.3, -0.25) is 4.79 Å². The second-order valence-corrected chi connectivity index (χ2v) is 5.80. The Morgan fingerprint density at radius 3 is 2.65 bits per heavy atom. The Morgan fingerprint density at radius 1 is 1.40 bits per heavy atom. The number of benzene rings is 1. The average molecular weight is 297 g/mol. The predicted molar refractivity (Wildman–Crippen MR) is 81.3 cm³/mol. The number of aryl methyl sites for hydroxylation is 1. The van der Waals surface area contributed by atoms with Crippen LogP contribution in [0.4, 0.5) is 5.69 Å². The van der Waals surface area contributed by atoms with Crippen molar-refractivity contribution in [3.05, 3.63) is 28.8 Å². The van der Waals surface area contributed by atoms with Crippen molar-refractivity contribution < 1.29 is 9.53 Å². The van der Waals surface area contributed by atoms with Gasteiger partial charge in [0.15, 0.2) is 0 Å². The number of rotatable bonds is 3. The summed E-state index contributed by atoms with van der Waals surface area (Å²) in [6.07, 6.45) is 0.177. The maximum atomic E-state index is 12.2. The number of halogens is 1. The van der Waals surface area contributed by atoms with Crippen molar-refractivity contribution in [2.24, 2.45) is 0 Å². The van der Waals surface area contributed by atoms with E-state index in [4.69, 9.17) is 16.3 Å². The number of hydrogen-bond donors (Lipinski definition) is 1. The summed E-state index contributed by atoms with van der Waals surface area (Å²) in [4.78, 5) is 14.0. The summed E-state index contributed by atoms with van der Waals surface area (Å²) >= 11 is 6.14. The number of ether oxygens (including phenoxy) is 1. The van der Waals surface area contributed by atoms with E-state index in [0.717, 1.165) is 11.3 Å². The average Bonchev–Trinajstić information content (AvgIpc) is 2.36. The van der Waals surface area contributed by atoms with E-state index in [1.54, 1.807) is 0 Å². The molecular weight excluding hydrogens is 276 g/mol. The minimum absolute atomic E-state index is 0.0728. The minimum Gasteiger partial charge on any atom is -0.375 e. The molecule has 1 aromatic carbocycles. The minimum atomic E-state index is 0.0728. The summed E-state index contributed by atoms with van der Waals surface area (Å²) in [6.45, 7) is 7.50. The first-order chi connectivity index (χ1) is 9.45. The first-order valence-corrected chi connectivity index (χ1v) is 7.26. The molecule has 1 aliphatic rings. The summed E-state index contributed by atoms with van der Waals surface area (Å²) in [6, 6.07) is 5.75. The molecule has 1 amide bonds. The van der Waals surface area contributed by atoms with Gasteiger partial charge in [-0.2, -0.15) is 0 Å². The van der Waals surface area contributed by atoms with Gasteiger partial charge in [0.05, 0.1) is 29.5 Å². The lowest BCUT2D eigenvalue weighted by Crippen LogP contribution is -2.49.